The van der Waals surface area contributed by atoms with Crippen molar-refractivity contribution in [2.75, 3.05) is 20.0 Å². The zero-order valence-electron chi connectivity index (χ0n) is 8.40. The summed E-state index contributed by atoms with van der Waals surface area (Å²) in [6, 6.07) is 4.67. The first-order valence-corrected chi connectivity index (χ1v) is 4.10. The van der Waals surface area contributed by atoms with Crippen LogP contribution in [0.1, 0.15) is 15.9 Å². The van der Waals surface area contributed by atoms with Crippen molar-refractivity contribution in [2.24, 2.45) is 0 Å². The average Bonchev–Trinajstić information content (AvgIpc) is 2.28. The minimum Gasteiger partial charge on any atom is -0.495 e. The number of carbonyl (C=O) groups is 1. The number of benzene rings is 1. The van der Waals surface area contributed by atoms with Crippen LogP contribution in [0.25, 0.3) is 0 Å². The molecule has 0 heterocycles. The molecule has 5 nitrogen and oxygen atoms in total. The van der Waals surface area contributed by atoms with Crippen molar-refractivity contribution in [3.63, 3.8) is 0 Å². The Morgan fingerprint density at radius 2 is 2.13 bits per heavy atom. The van der Waals surface area contributed by atoms with Gasteiger partial charge in [0, 0.05) is 0 Å². The number of nitrogens with two attached hydrogens (primary N) is 1. The molecule has 0 unspecified atom stereocenters. The van der Waals surface area contributed by atoms with Gasteiger partial charge in [-0.1, -0.05) is 0 Å². The van der Waals surface area contributed by atoms with Crippen LogP contribution in [0.5, 0.6) is 5.75 Å². The lowest BCUT2D eigenvalue weighted by atomic mass is 10.1. The van der Waals surface area contributed by atoms with E-state index >= 15 is 0 Å². The van der Waals surface area contributed by atoms with Gasteiger partial charge in [-0.25, -0.2) is 4.79 Å². The van der Waals surface area contributed by atoms with Crippen molar-refractivity contribution in [3.8, 4) is 11.8 Å². The lowest BCUT2D eigenvalue weighted by molar-refractivity contribution is 0.0600. The Hall–Kier alpha value is -2.22. The highest BCUT2D eigenvalue weighted by Gasteiger charge is 2.13. The fourth-order valence-electron chi connectivity index (χ4n) is 1.12. The van der Waals surface area contributed by atoms with Crippen LogP contribution in [0.4, 0.5) is 5.69 Å². The molecule has 0 aliphatic carbocycles. The van der Waals surface area contributed by atoms with E-state index in [0.29, 0.717) is 0 Å². The molecule has 78 valence electrons. The molecule has 0 spiro atoms. The van der Waals surface area contributed by atoms with Crippen molar-refractivity contribution in [1.29, 1.82) is 5.26 Å². The second-order valence-electron chi connectivity index (χ2n) is 2.74. The minimum absolute atomic E-state index is 0.190. The molecular formula is C10H10N2O3. The SMILES string of the molecule is COC(=O)c1cc(C#N)c(N)c(OC)c1. The van der Waals surface area contributed by atoms with Gasteiger partial charge < -0.3 is 15.2 Å². The Balaban J connectivity index is 3.34. The number of rotatable bonds is 2. The third kappa shape index (κ3) is 1.99. The maximum absolute atomic E-state index is 11.2. The Morgan fingerprint density at radius 3 is 2.60 bits per heavy atom. The molecule has 0 saturated heterocycles. The number of carbonyl (C=O) groups excluding carboxylic acids is 1. The maximum Gasteiger partial charge on any atom is 0.338 e. The Labute approximate surface area is 87.0 Å². The summed E-state index contributed by atoms with van der Waals surface area (Å²) in [5.41, 5.74) is 6.26. The molecule has 2 N–H and O–H groups in total. The number of hydrogen-bond donors (Lipinski definition) is 1. The highest BCUT2D eigenvalue weighted by atomic mass is 16.5. The molecule has 0 atom stereocenters. The first-order valence-electron chi connectivity index (χ1n) is 4.10. The van der Waals surface area contributed by atoms with Crippen molar-refractivity contribution >= 4 is 11.7 Å². The third-order valence-corrected chi connectivity index (χ3v) is 1.90. The normalized spacial score (nSPS) is 9.13. The van der Waals surface area contributed by atoms with E-state index in [1.165, 1.54) is 26.4 Å². The maximum atomic E-state index is 11.2. The van der Waals surface area contributed by atoms with Gasteiger partial charge in [0.05, 0.1) is 31.0 Å². The van der Waals surface area contributed by atoms with Gasteiger partial charge in [0.2, 0.25) is 0 Å². The summed E-state index contributed by atoms with van der Waals surface area (Å²) in [5, 5.41) is 8.78. The first-order chi connectivity index (χ1) is 7.13. The molecule has 0 aliphatic rings. The van der Waals surface area contributed by atoms with E-state index < -0.39 is 5.97 Å². The first kappa shape index (κ1) is 10.9. The standard InChI is InChI=1S/C10H10N2O3/c1-14-8-4-6(10(13)15-2)3-7(5-11)9(8)12/h3-4H,12H2,1-2H3. The fraction of sp³-hybridized carbons (Fsp3) is 0.200. The van der Waals surface area contributed by atoms with E-state index in [2.05, 4.69) is 4.74 Å². The van der Waals surface area contributed by atoms with Crippen molar-refractivity contribution in [2.45, 2.75) is 0 Å². The lowest BCUT2D eigenvalue weighted by Crippen LogP contribution is -2.04. The monoisotopic (exact) mass is 206 g/mol. The lowest BCUT2D eigenvalue weighted by Gasteiger charge is -2.07. The zero-order valence-corrected chi connectivity index (χ0v) is 8.40. The number of ether oxygens (including phenoxy) is 2. The van der Waals surface area contributed by atoms with Crippen LogP contribution in [0.15, 0.2) is 12.1 Å². The van der Waals surface area contributed by atoms with E-state index in [9.17, 15) is 4.79 Å². The van der Waals surface area contributed by atoms with Crippen LogP contribution < -0.4 is 10.5 Å². The van der Waals surface area contributed by atoms with E-state index in [-0.39, 0.29) is 22.6 Å². The highest BCUT2D eigenvalue weighted by Crippen LogP contribution is 2.26. The molecule has 0 bridgehead atoms. The van der Waals surface area contributed by atoms with E-state index in [1.54, 1.807) is 0 Å². The zero-order chi connectivity index (χ0) is 11.4. The van der Waals surface area contributed by atoms with Crippen molar-refractivity contribution in [3.05, 3.63) is 23.3 Å². The smallest absolute Gasteiger partial charge is 0.338 e. The summed E-state index contributed by atoms with van der Waals surface area (Å²) in [5.74, 6) is -0.251. The van der Waals surface area contributed by atoms with Crippen LogP contribution in [0.3, 0.4) is 0 Å². The van der Waals surface area contributed by atoms with Crippen LogP contribution in [-0.2, 0) is 4.74 Å². The van der Waals surface area contributed by atoms with Gasteiger partial charge in [-0.05, 0) is 12.1 Å². The summed E-state index contributed by atoms with van der Waals surface area (Å²) in [6.07, 6.45) is 0. The molecule has 0 fully saturated rings. The Morgan fingerprint density at radius 1 is 1.47 bits per heavy atom. The molecule has 0 aliphatic heterocycles. The number of nitriles is 1. The largest absolute Gasteiger partial charge is 0.495 e. The van der Waals surface area contributed by atoms with Crippen LogP contribution in [0, 0.1) is 11.3 Å². The molecule has 1 aromatic rings. The van der Waals surface area contributed by atoms with E-state index in [1.807, 2.05) is 6.07 Å². The summed E-state index contributed by atoms with van der Waals surface area (Å²) < 4.78 is 9.47. The predicted molar refractivity (Wildman–Crippen MR) is 53.5 cm³/mol. The van der Waals surface area contributed by atoms with Gasteiger partial charge in [0.25, 0.3) is 0 Å². The van der Waals surface area contributed by atoms with Gasteiger partial charge in [0.1, 0.15) is 11.8 Å². The fourth-order valence-corrected chi connectivity index (χ4v) is 1.12. The second kappa shape index (κ2) is 4.33. The Bertz CT molecular complexity index is 435. The Kier molecular flexibility index (Phi) is 3.13. The summed E-state index contributed by atoms with van der Waals surface area (Å²) in [7, 11) is 2.67. The van der Waals surface area contributed by atoms with Crippen LogP contribution in [0.2, 0.25) is 0 Å². The quantitative estimate of drug-likeness (QED) is 0.574. The van der Waals surface area contributed by atoms with E-state index in [4.69, 9.17) is 15.7 Å². The summed E-state index contributed by atoms with van der Waals surface area (Å²) >= 11 is 0. The predicted octanol–water partition coefficient (Wildman–Crippen LogP) is 0.936. The number of methoxy groups -OCH3 is 2. The topological polar surface area (TPSA) is 85.3 Å². The molecule has 0 radical (unpaired) electrons. The molecular weight excluding hydrogens is 196 g/mol. The second-order valence-corrected chi connectivity index (χ2v) is 2.74. The van der Waals surface area contributed by atoms with Gasteiger partial charge in [-0.2, -0.15) is 5.26 Å². The minimum atomic E-state index is -0.537. The number of nitrogen functional groups attached to an aromatic ring is 1. The third-order valence-electron chi connectivity index (χ3n) is 1.90. The van der Waals surface area contributed by atoms with Gasteiger partial charge in [0.15, 0.2) is 0 Å². The highest BCUT2D eigenvalue weighted by molar-refractivity contribution is 5.91. The number of esters is 1. The number of anilines is 1. The molecule has 0 aromatic heterocycles. The average molecular weight is 206 g/mol. The molecule has 0 amide bonds. The van der Waals surface area contributed by atoms with Crippen molar-refractivity contribution < 1.29 is 14.3 Å². The summed E-state index contributed by atoms with van der Waals surface area (Å²) in [4.78, 5) is 11.2. The molecule has 15 heavy (non-hydrogen) atoms. The summed E-state index contributed by atoms with van der Waals surface area (Å²) in [6.45, 7) is 0. The van der Waals surface area contributed by atoms with Crippen molar-refractivity contribution in [1.82, 2.24) is 0 Å². The van der Waals surface area contributed by atoms with Gasteiger partial charge in [-0.3, -0.25) is 0 Å². The number of hydrogen-bond acceptors (Lipinski definition) is 5. The molecule has 1 aromatic carbocycles. The molecule has 1 rings (SSSR count). The van der Waals surface area contributed by atoms with Crippen LogP contribution in [-0.4, -0.2) is 20.2 Å². The molecule has 0 saturated carbocycles. The van der Waals surface area contributed by atoms with E-state index in [0.717, 1.165) is 0 Å². The van der Waals surface area contributed by atoms with Gasteiger partial charge in [-0.15, -0.1) is 0 Å². The molecule has 5 heteroatoms. The van der Waals surface area contributed by atoms with Gasteiger partial charge >= 0.3 is 5.97 Å². The van der Waals surface area contributed by atoms with Crippen LogP contribution >= 0.6 is 0 Å². The number of nitrogens with zero attached hydrogens (tertiary/aromatic N) is 1.